The van der Waals surface area contributed by atoms with Crippen molar-refractivity contribution in [3.63, 3.8) is 0 Å². The molecular formula is C13H18N2. The standard InChI is InChI=1S/C13H18N2/c1-11-5-4-8-15-13(9-11)10-12-6-2-3-7-14-12/h2-3,6-7,10-11,15H,4-5,8-9H2,1H3/b13-10+/t11-/m1/s1. The fourth-order valence-electron chi connectivity index (χ4n) is 2.00. The van der Waals surface area contributed by atoms with E-state index in [1.807, 2.05) is 24.4 Å². The van der Waals surface area contributed by atoms with Crippen molar-refractivity contribution in [2.24, 2.45) is 5.92 Å². The Bertz CT molecular complexity index is 330. The van der Waals surface area contributed by atoms with Gasteiger partial charge in [0.25, 0.3) is 0 Å². The molecule has 1 aliphatic heterocycles. The number of allylic oxidation sites excluding steroid dienone is 1. The van der Waals surface area contributed by atoms with Gasteiger partial charge in [-0.05, 0) is 43.4 Å². The summed E-state index contributed by atoms with van der Waals surface area (Å²) < 4.78 is 0. The molecule has 0 spiro atoms. The smallest absolute Gasteiger partial charge is 0.0646 e. The number of pyridine rings is 1. The third-order valence-corrected chi connectivity index (χ3v) is 2.80. The van der Waals surface area contributed by atoms with E-state index in [0.29, 0.717) is 0 Å². The van der Waals surface area contributed by atoms with Crippen molar-refractivity contribution in [3.8, 4) is 0 Å². The summed E-state index contributed by atoms with van der Waals surface area (Å²) in [5.74, 6) is 0.787. The van der Waals surface area contributed by atoms with Crippen LogP contribution in [0.4, 0.5) is 0 Å². The number of nitrogens with zero attached hydrogens (tertiary/aromatic N) is 1. The van der Waals surface area contributed by atoms with E-state index < -0.39 is 0 Å². The van der Waals surface area contributed by atoms with Crippen molar-refractivity contribution in [1.82, 2.24) is 10.3 Å². The molecule has 1 saturated heterocycles. The summed E-state index contributed by atoms with van der Waals surface area (Å²) >= 11 is 0. The molecule has 0 saturated carbocycles. The van der Waals surface area contributed by atoms with Crippen LogP contribution in [0.1, 0.15) is 31.9 Å². The fourth-order valence-corrected chi connectivity index (χ4v) is 2.00. The van der Waals surface area contributed by atoms with E-state index in [1.54, 1.807) is 0 Å². The summed E-state index contributed by atoms with van der Waals surface area (Å²) in [4.78, 5) is 4.31. The maximum absolute atomic E-state index is 4.31. The highest BCUT2D eigenvalue weighted by molar-refractivity contribution is 5.48. The van der Waals surface area contributed by atoms with Gasteiger partial charge in [0.2, 0.25) is 0 Å². The van der Waals surface area contributed by atoms with Crippen LogP contribution in [-0.4, -0.2) is 11.5 Å². The SMILES string of the molecule is C[C@@H]1CCCN/C(=C/c2ccccn2)C1. The Morgan fingerprint density at radius 2 is 2.40 bits per heavy atom. The van der Waals surface area contributed by atoms with Crippen LogP contribution in [0.5, 0.6) is 0 Å². The normalized spacial score (nSPS) is 24.6. The number of hydrogen-bond acceptors (Lipinski definition) is 2. The minimum absolute atomic E-state index is 0.787. The lowest BCUT2D eigenvalue weighted by atomic mass is 10.0. The molecule has 15 heavy (non-hydrogen) atoms. The third kappa shape index (κ3) is 3.08. The first-order valence-corrected chi connectivity index (χ1v) is 5.70. The molecular weight excluding hydrogens is 184 g/mol. The summed E-state index contributed by atoms with van der Waals surface area (Å²) in [5, 5.41) is 3.48. The van der Waals surface area contributed by atoms with E-state index in [4.69, 9.17) is 0 Å². The van der Waals surface area contributed by atoms with Gasteiger partial charge in [-0.1, -0.05) is 13.0 Å². The molecule has 0 bridgehead atoms. The molecule has 2 heteroatoms. The van der Waals surface area contributed by atoms with Gasteiger partial charge in [-0.3, -0.25) is 4.98 Å². The molecule has 2 nitrogen and oxygen atoms in total. The fraction of sp³-hybridized carbons (Fsp3) is 0.462. The summed E-state index contributed by atoms with van der Waals surface area (Å²) in [6.07, 6.45) is 7.76. The summed E-state index contributed by atoms with van der Waals surface area (Å²) in [7, 11) is 0. The second-order valence-corrected chi connectivity index (χ2v) is 4.30. The van der Waals surface area contributed by atoms with Crippen LogP contribution in [0.2, 0.25) is 0 Å². The van der Waals surface area contributed by atoms with E-state index >= 15 is 0 Å². The van der Waals surface area contributed by atoms with Gasteiger partial charge < -0.3 is 5.32 Å². The molecule has 0 unspecified atom stereocenters. The average molecular weight is 202 g/mol. The second-order valence-electron chi connectivity index (χ2n) is 4.30. The third-order valence-electron chi connectivity index (χ3n) is 2.80. The Hall–Kier alpha value is -1.31. The zero-order valence-electron chi connectivity index (χ0n) is 9.24. The van der Waals surface area contributed by atoms with Crippen molar-refractivity contribution in [2.75, 3.05) is 6.54 Å². The van der Waals surface area contributed by atoms with Gasteiger partial charge in [-0.15, -0.1) is 0 Å². The van der Waals surface area contributed by atoms with Crippen molar-refractivity contribution in [3.05, 3.63) is 35.8 Å². The van der Waals surface area contributed by atoms with Crippen LogP contribution >= 0.6 is 0 Å². The Balaban J connectivity index is 2.11. The quantitative estimate of drug-likeness (QED) is 0.757. The van der Waals surface area contributed by atoms with Crippen LogP contribution in [0.3, 0.4) is 0 Å². The predicted molar refractivity (Wildman–Crippen MR) is 63.2 cm³/mol. The zero-order chi connectivity index (χ0) is 10.5. The minimum Gasteiger partial charge on any atom is -0.388 e. The highest BCUT2D eigenvalue weighted by Gasteiger charge is 2.10. The van der Waals surface area contributed by atoms with E-state index in [1.165, 1.54) is 18.5 Å². The van der Waals surface area contributed by atoms with Crippen molar-refractivity contribution >= 4 is 6.08 Å². The lowest BCUT2D eigenvalue weighted by Gasteiger charge is -2.08. The van der Waals surface area contributed by atoms with E-state index in [2.05, 4.69) is 23.3 Å². The van der Waals surface area contributed by atoms with Crippen molar-refractivity contribution in [1.29, 1.82) is 0 Å². The molecule has 0 amide bonds. The Morgan fingerprint density at radius 1 is 1.47 bits per heavy atom. The maximum Gasteiger partial charge on any atom is 0.0646 e. The summed E-state index contributed by atoms with van der Waals surface area (Å²) in [6, 6.07) is 6.02. The van der Waals surface area contributed by atoms with Crippen LogP contribution < -0.4 is 5.32 Å². The van der Waals surface area contributed by atoms with E-state index in [-0.39, 0.29) is 0 Å². The predicted octanol–water partition coefficient (Wildman–Crippen LogP) is 2.83. The molecule has 2 heterocycles. The molecule has 80 valence electrons. The van der Waals surface area contributed by atoms with Crippen LogP contribution in [0.15, 0.2) is 30.1 Å². The van der Waals surface area contributed by atoms with Gasteiger partial charge in [0.05, 0.1) is 5.69 Å². The topological polar surface area (TPSA) is 24.9 Å². The number of rotatable bonds is 1. The molecule has 1 fully saturated rings. The Labute approximate surface area is 91.4 Å². The number of nitrogens with one attached hydrogen (secondary N) is 1. The first kappa shape index (κ1) is 10.2. The van der Waals surface area contributed by atoms with Gasteiger partial charge in [0, 0.05) is 18.4 Å². The number of hydrogen-bond donors (Lipinski definition) is 1. The van der Waals surface area contributed by atoms with E-state index in [0.717, 1.165) is 24.6 Å². The molecule has 2 rings (SSSR count). The maximum atomic E-state index is 4.31. The van der Waals surface area contributed by atoms with Gasteiger partial charge in [-0.2, -0.15) is 0 Å². The monoisotopic (exact) mass is 202 g/mol. The van der Waals surface area contributed by atoms with Crippen LogP contribution in [0, 0.1) is 5.92 Å². The first-order valence-electron chi connectivity index (χ1n) is 5.70. The Morgan fingerprint density at radius 3 is 3.20 bits per heavy atom. The first-order chi connectivity index (χ1) is 7.34. The van der Waals surface area contributed by atoms with Crippen molar-refractivity contribution < 1.29 is 0 Å². The zero-order valence-corrected chi connectivity index (χ0v) is 9.24. The lowest BCUT2D eigenvalue weighted by molar-refractivity contribution is 0.538. The van der Waals surface area contributed by atoms with Gasteiger partial charge in [-0.25, -0.2) is 0 Å². The molecule has 1 aliphatic rings. The second kappa shape index (κ2) is 4.96. The largest absolute Gasteiger partial charge is 0.388 e. The minimum atomic E-state index is 0.787. The molecule has 1 aromatic heterocycles. The Kier molecular flexibility index (Phi) is 3.38. The molecule has 0 radical (unpaired) electrons. The molecule has 1 aromatic rings. The van der Waals surface area contributed by atoms with Crippen molar-refractivity contribution in [2.45, 2.75) is 26.2 Å². The lowest BCUT2D eigenvalue weighted by Crippen LogP contribution is -2.12. The number of aromatic nitrogens is 1. The highest BCUT2D eigenvalue weighted by Crippen LogP contribution is 2.19. The van der Waals surface area contributed by atoms with Gasteiger partial charge in [0.1, 0.15) is 0 Å². The van der Waals surface area contributed by atoms with E-state index in [9.17, 15) is 0 Å². The molecule has 0 aromatic carbocycles. The van der Waals surface area contributed by atoms with Gasteiger partial charge >= 0.3 is 0 Å². The summed E-state index contributed by atoms with van der Waals surface area (Å²) in [5.41, 5.74) is 2.38. The molecule has 1 N–H and O–H groups in total. The average Bonchev–Trinajstić information content (AvgIpc) is 2.44. The van der Waals surface area contributed by atoms with Crippen LogP contribution in [0.25, 0.3) is 6.08 Å². The van der Waals surface area contributed by atoms with Crippen LogP contribution in [-0.2, 0) is 0 Å². The molecule has 1 atom stereocenters. The molecule has 0 aliphatic carbocycles. The summed E-state index contributed by atoms with van der Waals surface area (Å²) in [6.45, 7) is 3.42. The highest BCUT2D eigenvalue weighted by atomic mass is 14.9. The van der Waals surface area contributed by atoms with Gasteiger partial charge in [0.15, 0.2) is 0 Å².